The van der Waals surface area contributed by atoms with Crippen molar-refractivity contribution in [2.75, 3.05) is 13.1 Å². The minimum absolute atomic E-state index is 0.0467. The predicted octanol–water partition coefficient (Wildman–Crippen LogP) is 2.83. The highest BCUT2D eigenvalue weighted by Crippen LogP contribution is 2.34. The number of amides is 1. The Hall–Kier alpha value is -2.51. The zero-order chi connectivity index (χ0) is 18.1. The Balaban J connectivity index is 1.45. The lowest BCUT2D eigenvalue weighted by Crippen LogP contribution is -2.45. The Kier molecular flexibility index (Phi) is 4.57. The molecule has 134 valence electrons. The normalized spacial score (nSPS) is 20.3. The molecule has 1 aromatic carbocycles. The number of carbonyl (C=O) groups is 1. The second-order valence-corrected chi connectivity index (χ2v) is 7.54. The molecule has 1 aliphatic rings. The number of aliphatic hydroxyl groups is 1. The first kappa shape index (κ1) is 16.9. The first-order valence-electron chi connectivity index (χ1n) is 8.60. The number of aryl methyl sites for hydroxylation is 1. The quantitative estimate of drug-likeness (QED) is 0.745. The maximum absolute atomic E-state index is 12.8. The van der Waals surface area contributed by atoms with E-state index < -0.39 is 6.10 Å². The Morgan fingerprint density at radius 2 is 2.12 bits per heavy atom. The van der Waals surface area contributed by atoms with Gasteiger partial charge in [-0.05, 0) is 42.5 Å². The predicted molar refractivity (Wildman–Crippen MR) is 100 cm³/mol. The number of rotatable bonds is 3. The molecule has 0 saturated carbocycles. The molecule has 0 aliphatic carbocycles. The highest BCUT2D eigenvalue weighted by atomic mass is 32.1. The van der Waals surface area contributed by atoms with Crippen LogP contribution in [0.25, 0.3) is 11.4 Å². The SMILES string of the molecule is Cc1ccsc1[C@@H]1CCN(C(=O)c2ccc(-c3ncn[nH]3)cc2)C[C@H]1O. The summed E-state index contributed by atoms with van der Waals surface area (Å²) in [4.78, 5) is 19.9. The summed E-state index contributed by atoms with van der Waals surface area (Å²) in [6, 6.07) is 9.38. The fourth-order valence-corrected chi connectivity index (χ4v) is 4.61. The Morgan fingerprint density at radius 1 is 1.31 bits per heavy atom. The number of piperidine rings is 1. The molecular formula is C19H20N4O2S. The van der Waals surface area contributed by atoms with Crippen LogP contribution in [0.15, 0.2) is 42.0 Å². The average Bonchev–Trinajstić information content (AvgIpc) is 3.33. The number of thiophene rings is 1. The number of aliphatic hydroxyl groups excluding tert-OH is 1. The Bertz CT molecular complexity index is 889. The second kappa shape index (κ2) is 7.01. The molecule has 7 heteroatoms. The largest absolute Gasteiger partial charge is 0.391 e. The minimum Gasteiger partial charge on any atom is -0.391 e. The minimum atomic E-state index is -0.529. The number of aromatic amines is 1. The fraction of sp³-hybridized carbons (Fsp3) is 0.316. The molecule has 1 amide bonds. The van der Waals surface area contributed by atoms with Gasteiger partial charge in [-0.15, -0.1) is 11.3 Å². The van der Waals surface area contributed by atoms with Gasteiger partial charge in [0.1, 0.15) is 6.33 Å². The van der Waals surface area contributed by atoms with Crippen LogP contribution in [0.1, 0.15) is 33.1 Å². The average molecular weight is 368 g/mol. The van der Waals surface area contributed by atoms with Gasteiger partial charge >= 0.3 is 0 Å². The number of hydrogen-bond acceptors (Lipinski definition) is 5. The molecule has 2 aromatic heterocycles. The summed E-state index contributed by atoms with van der Waals surface area (Å²) >= 11 is 1.69. The van der Waals surface area contributed by atoms with E-state index in [1.165, 1.54) is 16.8 Å². The van der Waals surface area contributed by atoms with Gasteiger partial charge in [0.2, 0.25) is 0 Å². The van der Waals surface area contributed by atoms with E-state index in [1.807, 2.05) is 12.1 Å². The molecule has 2 N–H and O–H groups in total. The summed E-state index contributed by atoms with van der Waals surface area (Å²) in [5.41, 5.74) is 2.72. The van der Waals surface area contributed by atoms with E-state index in [-0.39, 0.29) is 11.8 Å². The third kappa shape index (κ3) is 3.15. The molecule has 6 nitrogen and oxygen atoms in total. The number of nitrogens with zero attached hydrogens (tertiary/aromatic N) is 3. The molecule has 0 spiro atoms. The lowest BCUT2D eigenvalue weighted by atomic mass is 9.90. The van der Waals surface area contributed by atoms with Crippen LogP contribution in [0.4, 0.5) is 0 Å². The van der Waals surface area contributed by atoms with Gasteiger partial charge in [-0.25, -0.2) is 4.98 Å². The van der Waals surface area contributed by atoms with E-state index in [9.17, 15) is 9.90 Å². The third-order valence-corrected chi connectivity index (χ3v) is 6.08. The third-order valence-electron chi connectivity index (χ3n) is 4.93. The van der Waals surface area contributed by atoms with Crippen molar-refractivity contribution in [3.63, 3.8) is 0 Å². The van der Waals surface area contributed by atoms with Crippen LogP contribution in [0, 0.1) is 6.92 Å². The molecule has 4 rings (SSSR count). The van der Waals surface area contributed by atoms with Crippen molar-refractivity contribution >= 4 is 17.2 Å². The van der Waals surface area contributed by atoms with Gasteiger partial charge in [-0.1, -0.05) is 12.1 Å². The van der Waals surface area contributed by atoms with Crippen molar-refractivity contribution in [1.29, 1.82) is 0 Å². The lowest BCUT2D eigenvalue weighted by Gasteiger charge is -2.36. The summed E-state index contributed by atoms with van der Waals surface area (Å²) < 4.78 is 0. The maximum Gasteiger partial charge on any atom is 0.253 e. The van der Waals surface area contributed by atoms with Gasteiger partial charge in [0, 0.05) is 35.0 Å². The van der Waals surface area contributed by atoms with Crippen LogP contribution in [-0.2, 0) is 0 Å². The summed E-state index contributed by atoms with van der Waals surface area (Å²) in [6.07, 6.45) is 1.71. The molecule has 1 aliphatic heterocycles. The van der Waals surface area contributed by atoms with E-state index in [2.05, 4.69) is 33.6 Å². The van der Waals surface area contributed by atoms with Crippen molar-refractivity contribution < 1.29 is 9.90 Å². The summed E-state index contributed by atoms with van der Waals surface area (Å²) in [5, 5.41) is 19.3. The van der Waals surface area contributed by atoms with E-state index in [1.54, 1.807) is 28.4 Å². The molecule has 0 bridgehead atoms. The van der Waals surface area contributed by atoms with Gasteiger partial charge in [0.05, 0.1) is 6.10 Å². The summed E-state index contributed by atoms with van der Waals surface area (Å²) in [6.45, 7) is 3.10. The number of nitrogens with one attached hydrogen (secondary N) is 1. The van der Waals surface area contributed by atoms with E-state index in [0.29, 0.717) is 24.5 Å². The standard InChI is InChI=1S/C19H20N4O2S/c1-12-7-9-26-17(12)15-6-8-23(10-16(15)24)19(25)14-4-2-13(3-5-14)18-20-11-21-22-18/h2-5,7,9,11,15-16,24H,6,8,10H2,1H3,(H,20,21,22)/t15-,16-/m1/s1. The molecule has 26 heavy (non-hydrogen) atoms. The topological polar surface area (TPSA) is 82.1 Å². The number of H-pyrrole nitrogens is 1. The van der Waals surface area contributed by atoms with Crippen LogP contribution in [-0.4, -0.2) is 50.3 Å². The van der Waals surface area contributed by atoms with Crippen LogP contribution >= 0.6 is 11.3 Å². The van der Waals surface area contributed by atoms with Crippen molar-refractivity contribution in [1.82, 2.24) is 20.1 Å². The van der Waals surface area contributed by atoms with Crippen molar-refractivity contribution in [2.45, 2.75) is 25.4 Å². The number of hydrogen-bond donors (Lipinski definition) is 2. The first-order valence-corrected chi connectivity index (χ1v) is 9.48. The highest BCUT2D eigenvalue weighted by molar-refractivity contribution is 7.10. The zero-order valence-corrected chi connectivity index (χ0v) is 15.2. The Morgan fingerprint density at radius 3 is 2.73 bits per heavy atom. The number of carbonyl (C=O) groups excluding carboxylic acids is 1. The molecule has 1 saturated heterocycles. The molecule has 3 aromatic rings. The van der Waals surface area contributed by atoms with Gasteiger partial charge in [-0.3, -0.25) is 9.89 Å². The van der Waals surface area contributed by atoms with Crippen molar-refractivity contribution in [2.24, 2.45) is 0 Å². The number of aromatic nitrogens is 3. The number of benzene rings is 1. The van der Waals surface area contributed by atoms with Crippen LogP contribution in [0.3, 0.4) is 0 Å². The molecule has 0 unspecified atom stereocenters. The van der Waals surface area contributed by atoms with Crippen LogP contribution in [0.2, 0.25) is 0 Å². The maximum atomic E-state index is 12.8. The van der Waals surface area contributed by atoms with E-state index in [0.717, 1.165) is 12.0 Å². The molecule has 1 fully saturated rings. The van der Waals surface area contributed by atoms with Gasteiger partial charge in [0.25, 0.3) is 5.91 Å². The van der Waals surface area contributed by atoms with Crippen molar-refractivity contribution in [3.05, 3.63) is 58.0 Å². The highest BCUT2D eigenvalue weighted by Gasteiger charge is 2.32. The van der Waals surface area contributed by atoms with Gasteiger partial charge < -0.3 is 10.0 Å². The molecule has 2 atom stereocenters. The molecule has 3 heterocycles. The van der Waals surface area contributed by atoms with Gasteiger partial charge in [0.15, 0.2) is 5.82 Å². The lowest BCUT2D eigenvalue weighted by molar-refractivity contribution is 0.0387. The Labute approximate surface area is 155 Å². The van der Waals surface area contributed by atoms with Gasteiger partial charge in [-0.2, -0.15) is 5.10 Å². The molecule has 0 radical (unpaired) electrons. The fourth-order valence-electron chi connectivity index (χ4n) is 3.48. The zero-order valence-electron chi connectivity index (χ0n) is 14.4. The van der Waals surface area contributed by atoms with Crippen molar-refractivity contribution in [3.8, 4) is 11.4 Å². The van der Waals surface area contributed by atoms with E-state index in [4.69, 9.17) is 0 Å². The van der Waals surface area contributed by atoms with Crippen LogP contribution < -0.4 is 0 Å². The molecular weight excluding hydrogens is 348 g/mol. The second-order valence-electron chi connectivity index (χ2n) is 6.59. The number of β-amino-alcohol motifs (C(OH)–C–C–N with tert-alkyl or cyclic N) is 1. The smallest absolute Gasteiger partial charge is 0.253 e. The monoisotopic (exact) mass is 368 g/mol. The van der Waals surface area contributed by atoms with E-state index >= 15 is 0 Å². The first-order chi connectivity index (χ1) is 12.6. The summed E-state index contributed by atoms with van der Waals surface area (Å²) in [5.74, 6) is 0.744. The summed E-state index contributed by atoms with van der Waals surface area (Å²) in [7, 11) is 0. The van der Waals surface area contributed by atoms with Crippen LogP contribution in [0.5, 0.6) is 0 Å². The number of likely N-dealkylation sites (tertiary alicyclic amines) is 1.